The number of aliphatic hydroxyl groups is 1. The fourth-order valence-corrected chi connectivity index (χ4v) is 3.20. The Bertz CT molecular complexity index is 962. The van der Waals surface area contributed by atoms with Crippen molar-refractivity contribution in [2.24, 2.45) is 0 Å². The summed E-state index contributed by atoms with van der Waals surface area (Å²) in [4.78, 5) is 58.4. The van der Waals surface area contributed by atoms with Gasteiger partial charge in [0.1, 0.15) is 0 Å². The summed E-state index contributed by atoms with van der Waals surface area (Å²) in [5, 5.41) is 20.8. The standard InChI is InChI=1S/C20H23NO13/c1-9(23)30-15-16(31-10(2)24)18(32-11(3)25)20(34-17(15)19(26)29-4)33-14-6-5-12(8-22)7-13(14)21(27)28/h5-7,15-18,20,22H,8H2,1-4H3/t15-,16-,17-,18-,20+/m0/s1. The Labute approximate surface area is 192 Å². The Morgan fingerprint density at radius 3 is 2.06 bits per heavy atom. The number of nitro benzene ring substituents is 1. The number of rotatable bonds is 8. The Kier molecular flexibility index (Phi) is 8.86. The number of benzene rings is 1. The molecule has 1 heterocycles. The van der Waals surface area contributed by atoms with E-state index in [0.717, 1.165) is 40.0 Å². The van der Waals surface area contributed by atoms with E-state index in [2.05, 4.69) is 4.74 Å². The van der Waals surface area contributed by atoms with Crippen LogP contribution in [-0.2, 0) is 49.5 Å². The second-order valence-corrected chi connectivity index (χ2v) is 7.01. The first-order valence-corrected chi connectivity index (χ1v) is 9.78. The number of carbonyl (C=O) groups is 4. The van der Waals surface area contributed by atoms with Gasteiger partial charge < -0.3 is 33.5 Å². The summed E-state index contributed by atoms with van der Waals surface area (Å²) in [7, 11) is 1.02. The van der Waals surface area contributed by atoms with E-state index in [1.165, 1.54) is 6.07 Å². The molecule has 0 amide bonds. The maximum Gasteiger partial charge on any atom is 0.339 e. The van der Waals surface area contributed by atoms with Crippen LogP contribution in [0.3, 0.4) is 0 Å². The smallest absolute Gasteiger partial charge is 0.339 e. The zero-order chi connectivity index (χ0) is 25.6. The molecular formula is C20H23NO13. The molecule has 1 aliphatic rings. The molecule has 0 aliphatic carbocycles. The molecule has 14 heteroatoms. The normalized spacial score (nSPS) is 23.9. The number of hydrogen-bond acceptors (Lipinski definition) is 13. The van der Waals surface area contributed by atoms with Crippen LogP contribution in [0.1, 0.15) is 26.3 Å². The van der Waals surface area contributed by atoms with Crippen LogP contribution in [0.15, 0.2) is 18.2 Å². The van der Waals surface area contributed by atoms with Gasteiger partial charge in [-0.25, -0.2) is 4.79 Å². The molecule has 0 aromatic heterocycles. The third kappa shape index (κ3) is 6.39. The average molecular weight is 485 g/mol. The number of aliphatic hydroxyl groups excluding tert-OH is 1. The van der Waals surface area contributed by atoms with Gasteiger partial charge >= 0.3 is 29.6 Å². The van der Waals surface area contributed by atoms with E-state index in [0.29, 0.717) is 0 Å². The maximum absolute atomic E-state index is 12.4. The van der Waals surface area contributed by atoms with Crippen molar-refractivity contribution in [1.82, 2.24) is 0 Å². The molecule has 1 N–H and O–H groups in total. The summed E-state index contributed by atoms with van der Waals surface area (Å²) < 4.78 is 31.3. The number of nitro groups is 1. The zero-order valence-corrected chi connectivity index (χ0v) is 18.6. The van der Waals surface area contributed by atoms with Crippen molar-refractivity contribution in [3.63, 3.8) is 0 Å². The molecule has 2 rings (SSSR count). The fraction of sp³-hybridized carbons (Fsp3) is 0.500. The minimum atomic E-state index is -1.75. The molecule has 0 saturated carbocycles. The summed E-state index contributed by atoms with van der Waals surface area (Å²) in [5.74, 6) is -4.08. The molecule has 0 unspecified atom stereocenters. The van der Waals surface area contributed by atoms with Gasteiger partial charge in [-0.3, -0.25) is 24.5 Å². The van der Waals surface area contributed by atoms with Crippen molar-refractivity contribution in [2.45, 2.75) is 58.1 Å². The van der Waals surface area contributed by atoms with Crippen LogP contribution in [-0.4, -0.2) is 71.7 Å². The number of methoxy groups -OCH3 is 1. The van der Waals surface area contributed by atoms with Crippen LogP contribution in [0.4, 0.5) is 5.69 Å². The lowest BCUT2D eigenvalue weighted by atomic mass is 9.97. The molecule has 14 nitrogen and oxygen atoms in total. The molecule has 0 bridgehead atoms. The van der Waals surface area contributed by atoms with E-state index < -0.39 is 71.8 Å². The van der Waals surface area contributed by atoms with Crippen LogP contribution >= 0.6 is 0 Å². The Balaban J connectivity index is 2.58. The highest BCUT2D eigenvalue weighted by Crippen LogP contribution is 2.35. The van der Waals surface area contributed by atoms with Crippen LogP contribution in [0.5, 0.6) is 5.75 Å². The summed E-state index contributed by atoms with van der Waals surface area (Å²) >= 11 is 0. The molecule has 0 spiro atoms. The largest absolute Gasteiger partial charge is 0.467 e. The van der Waals surface area contributed by atoms with Crippen molar-refractivity contribution < 1.29 is 57.6 Å². The molecular weight excluding hydrogens is 462 g/mol. The SMILES string of the molecule is COC(=O)[C@H]1O[C@@H](Oc2ccc(CO)cc2[N+](=O)[O-])[C@@H](OC(C)=O)[C@@H](OC(C)=O)[C@@H]1OC(C)=O. The van der Waals surface area contributed by atoms with E-state index in [1.807, 2.05) is 0 Å². The predicted octanol–water partition coefficient (Wildman–Crippen LogP) is 0.159. The van der Waals surface area contributed by atoms with Crippen LogP contribution in [0, 0.1) is 10.1 Å². The highest BCUT2D eigenvalue weighted by molar-refractivity contribution is 5.77. The third-order valence-corrected chi connectivity index (χ3v) is 4.48. The minimum Gasteiger partial charge on any atom is -0.467 e. The zero-order valence-electron chi connectivity index (χ0n) is 18.6. The van der Waals surface area contributed by atoms with Gasteiger partial charge in [0.25, 0.3) is 0 Å². The van der Waals surface area contributed by atoms with Gasteiger partial charge in [0.15, 0.2) is 24.1 Å². The van der Waals surface area contributed by atoms with Crippen molar-refractivity contribution in [2.75, 3.05) is 7.11 Å². The molecule has 1 aromatic rings. The van der Waals surface area contributed by atoms with E-state index in [4.69, 9.17) is 23.7 Å². The number of carbonyl (C=O) groups excluding carboxylic acids is 4. The van der Waals surface area contributed by atoms with Gasteiger partial charge in [-0.2, -0.15) is 0 Å². The van der Waals surface area contributed by atoms with Crippen LogP contribution in [0.25, 0.3) is 0 Å². The molecule has 0 radical (unpaired) electrons. The van der Waals surface area contributed by atoms with E-state index in [9.17, 15) is 34.4 Å². The van der Waals surface area contributed by atoms with Crippen molar-refractivity contribution >= 4 is 29.6 Å². The third-order valence-electron chi connectivity index (χ3n) is 4.48. The van der Waals surface area contributed by atoms with Gasteiger partial charge in [-0.15, -0.1) is 0 Å². The second kappa shape index (κ2) is 11.4. The summed E-state index contributed by atoms with van der Waals surface area (Å²) in [5.41, 5.74) is -0.363. The van der Waals surface area contributed by atoms with E-state index in [-0.39, 0.29) is 11.3 Å². The topological polar surface area (TPSA) is 187 Å². The highest BCUT2D eigenvalue weighted by Gasteiger charge is 2.56. The molecule has 1 fully saturated rings. The Morgan fingerprint density at radius 1 is 1.00 bits per heavy atom. The van der Waals surface area contributed by atoms with Gasteiger partial charge in [-0.05, 0) is 11.6 Å². The maximum atomic E-state index is 12.4. The van der Waals surface area contributed by atoms with E-state index >= 15 is 0 Å². The highest BCUT2D eigenvalue weighted by atomic mass is 16.7. The summed E-state index contributed by atoms with van der Waals surface area (Å²) in [6.07, 6.45) is -8.30. The number of esters is 4. The van der Waals surface area contributed by atoms with E-state index in [1.54, 1.807) is 0 Å². The molecule has 5 atom stereocenters. The first kappa shape index (κ1) is 26.5. The second-order valence-electron chi connectivity index (χ2n) is 7.01. The molecule has 1 saturated heterocycles. The first-order valence-electron chi connectivity index (χ1n) is 9.78. The van der Waals surface area contributed by atoms with Crippen molar-refractivity contribution in [3.05, 3.63) is 33.9 Å². The van der Waals surface area contributed by atoms with Gasteiger partial charge in [0.05, 0.1) is 18.6 Å². The number of nitrogens with zero attached hydrogens (tertiary/aromatic N) is 1. The van der Waals surface area contributed by atoms with Gasteiger partial charge in [0.2, 0.25) is 12.4 Å². The quantitative estimate of drug-likeness (QED) is 0.227. The lowest BCUT2D eigenvalue weighted by molar-refractivity contribution is -0.387. The molecule has 1 aliphatic heterocycles. The first-order chi connectivity index (χ1) is 16.0. The van der Waals surface area contributed by atoms with Crippen molar-refractivity contribution in [1.29, 1.82) is 0 Å². The molecule has 186 valence electrons. The predicted molar refractivity (Wildman–Crippen MR) is 107 cm³/mol. The Morgan fingerprint density at radius 2 is 1.56 bits per heavy atom. The fourth-order valence-electron chi connectivity index (χ4n) is 3.20. The average Bonchev–Trinajstić information content (AvgIpc) is 2.76. The lowest BCUT2D eigenvalue weighted by Crippen LogP contribution is -2.64. The van der Waals surface area contributed by atoms with Crippen molar-refractivity contribution in [3.8, 4) is 5.75 Å². The van der Waals surface area contributed by atoms with Crippen LogP contribution in [0.2, 0.25) is 0 Å². The Hall–Kier alpha value is -3.78. The molecule has 34 heavy (non-hydrogen) atoms. The summed E-state index contributed by atoms with van der Waals surface area (Å²) in [6, 6.07) is 3.53. The van der Waals surface area contributed by atoms with Gasteiger partial charge in [-0.1, -0.05) is 6.07 Å². The van der Waals surface area contributed by atoms with Gasteiger partial charge in [0, 0.05) is 26.8 Å². The van der Waals surface area contributed by atoms with Crippen LogP contribution < -0.4 is 4.74 Å². The number of ether oxygens (including phenoxy) is 6. The summed E-state index contributed by atoms with van der Waals surface area (Å²) in [6.45, 7) is 2.58. The molecule has 1 aromatic carbocycles. The minimum absolute atomic E-state index is 0.209. The lowest BCUT2D eigenvalue weighted by Gasteiger charge is -2.42. The monoisotopic (exact) mass is 485 g/mol. The number of hydrogen-bond donors (Lipinski definition) is 1.